The molecule has 68 heavy (non-hydrogen) atoms. The number of rotatable bonds is 14. The number of carbonyl (C=O) groups excluding carboxylic acids is 9. The minimum absolute atomic E-state index is 0.0394. The maximum Gasteiger partial charge on any atom is 0.329 e. The molecule has 23 heteroatoms. The normalized spacial score (nSPS) is 26.5. The standard InChI is InChI=1S/C45H69ClN8O14/c1-11-12-32(58)47-22(6)38(60)51-35(23(7)55)41(63)52-36-25(9)68-45(67)34(21(4)5)50-40(62)30(19-26-13-15-31(57)27(46)18-26)53(10)44(66)37(24(8)56)54-33(59)16-14-28(43(54)65)48-39(61)29(17-20(2)3)49-42(36)64/h13,15,18,20-25,28-30,33-37,55-57,59H,11-12,14,16-17,19H2,1-10H3,(H,47,58)(H,48,61)(H,49,64)(H,50,62)(H,51,60)(H,52,63)/t22-,23?,24?,25+,28+,29-,30-,33+,34-,35?,36-,37-/m0/s1. The first-order valence-electron chi connectivity index (χ1n) is 22.8. The van der Waals surface area contributed by atoms with Gasteiger partial charge in [0.1, 0.15) is 66.4 Å². The number of aliphatic hydroxyl groups is 3. The van der Waals surface area contributed by atoms with Crippen LogP contribution >= 0.6 is 11.6 Å². The van der Waals surface area contributed by atoms with E-state index in [0.717, 1.165) is 9.80 Å². The number of esters is 1. The molecule has 3 rings (SSSR count). The maximum atomic E-state index is 14.6. The highest BCUT2D eigenvalue weighted by Gasteiger charge is 2.47. The number of nitrogens with zero attached hydrogens (tertiary/aromatic N) is 2. The van der Waals surface area contributed by atoms with E-state index in [-0.39, 0.29) is 48.8 Å². The molecule has 2 saturated heterocycles. The summed E-state index contributed by atoms with van der Waals surface area (Å²) in [6.07, 6.45) is -6.53. The molecule has 2 heterocycles. The van der Waals surface area contributed by atoms with Crippen molar-refractivity contribution in [3.8, 4) is 5.75 Å². The first kappa shape index (κ1) is 56.7. The van der Waals surface area contributed by atoms with Crippen molar-refractivity contribution in [1.82, 2.24) is 41.7 Å². The van der Waals surface area contributed by atoms with Gasteiger partial charge in [0.05, 0.1) is 17.2 Å². The van der Waals surface area contributed by atoms with Gasteiger partial charge in [-0.05, 0) is 82.9 Å². The molecule has 2 fully saturated rings. The number of benzene rings is 1. The van der Waals surface area contributed by atoms with E-state index in [9.17, 15) is 63.6 Å². The molecule has 1 aromatic carbocycles. The van der Waals surface area contributed by atoms with E-state index in [1.807, 2.05) is 0 Å². The highest BCUT2D eigenvalue weighted by Crippen LogP contribution is 2.27. The number of halogens is 1. The molecular weight excluding hydrogens is 912 g/mol. The molecule has 2 aliphatic rings. The Kier molecular flexibility index (Phi) is 21.0. The zero-order valence-electron chi connectivity index (χ0n) is 40.2. The molecule has 0 radical (unpaired) electrons. The molecule has 2 bridgehead atoms. The summed E-state index contributed by atoms with van der Waals surface area (Å²) >= 11 is 6.19. The van der Waals surface area contributed by atoms with Crippen LogP contribution in [0.2, 0.25) is 5.02 Å². The van der Waals surface area contributed by atoms with E-state index in [0.29, 0.717) is 12.0 Å². The molecular formula is C45H69ClN8O14. The zero-order valence-corrected chi connectivity index (χ0v) is 41.0. The van der Waals surface area contributed by atoms with Gasteiger partial charge in [-0.1, -0.05) is 52.3 Å². The van der Waals surface area contributed by atoms with E-state index < -0.39 is 132 Å². The van der Waals surface area contributed by atoms with Crippen LogP contribution in [0.15, 0.2) is 18.2 Å². The number of cyclic esters (lactones) is 1. The van der Waals surface area contributed by atoms with Crippen LogP contribution in [-0.2, 0) is 54.3 Å². The van der Waals surface area contributed by atoms with Gasteiger partial charge in [0.25, 0.3) is 0 Å². The number of carbonyl (C=O) groups is 9. The molecule has 0 aromatic heterocycles. The third-order valence-corrected chi connectivity index (χ3v) is 12.0. The van der Waals surface area contributed by atoms with Crippen molar-refractivity contribution in [1.29, 1.82) is 0 Å². The Bertz CT molecular complexity index is 2020. The van der Waals surface area contributed by atoms with E-state index in [1.165, 1.54) is 52.9 Å². The van der Waals surface area contributed by atoms with Crippen LogP contribution in [0.3, 0.4) is 0 Å². The van der Waals surface area contributed by atoms with Crippen LogP contribution in [0.4, 0.5) is 0 Å². The zero-order chi connectivity index (χ0) is 51.5. The van der Waals surface area contributed by atoms with Gasteiger partial charge in [-0.15, -0.1) is 0 Å². The Morgan fingerprint density at radius 1 is 0.882 bits per heavy atom. The molecule has 0 aliphatic carbocycles. The third-order valence-electron chi connectivity index (χ3n) is 11.7. The average Bonchev–Trinajstić information content (AvgIpc) is 3.24. The van der Waals surface area contributed by atoms with Crippen molar-refractivity contribution < 1.29 is 68.3 Å². The van der Waals surface area contributed by atoms with E-state index >= 15 is 0 Å². The predicted molar refractivity (Wildman–Crippen MR) is 245 cm³/mol. The molecule has 0 saturated carbocycles. The topological polar surface area (TPSA) is 322 Å². The summed E-state index contributed by atoms with van der Waals surface area (Å²) in [5.74, 6) is -9.72. The van der Waals surface area contributed by atoms with Crippen LogP contribution in [0, 0.1) is 11.8 Å². The number of aliphatic hydroxyl groups excluding tert-OH is 3. The number of amides is 8. The Hall–Kier alpha value is -5.58. The molecule has 1 aromatic rings. The lowest BCUT2D eigenvalue weighted by Crippen LogP contribution is -2.67. The molecule has 10 N–H and O–H groups in total. The van der Waals surface area contributed by atoms with Gasteiger partial charge in [0.15, 0.2) is 0 Å². The summed E-state index contributed by atoms with van der Waals surface area (Å²) in [5.41, 5.74) is 0.330. The lowest BCUT2D eigenvalue weighted by Gasteiger charge is -2.43. The second kappa shape index (κ2) is 25.2. The molecule has 22 nitrogen and oxygen atoms in total. The molecule has 0 spiro atoms. The van der Waals surface area contributed by atoms with Crippen molar-refractivity contribution in [3.63, 3.8) is 0 Å². The second-order valence-corrected chi connectivity index (χ2v) is 18.7. The highest BCUT2D eigenvalue weighted by molar-refractivity contribution is 6.32. The molecule has 380 valence electrons. The fourth-order valence-corrected chi connectivity index (χ4v) is 8.03. The van der Waals surface area contributed by atoms with Crippen LogP contribution in [0.5, 0.6) is 5.75 Å². The van der Waals surface area contributed by atoms with Crippen molar-refractivity contribution >= 4 is 64.8 Å². The van der Waals surface area contributed by atoms with E-state index in [1.54, 1.807) is 34.6 Å². The van der Waals surface area contributed by atoms with Crippen molar-refractivity contribution in [2.75, 3.05) is 7.05 Å². The highest BCUT2D eigenvalue weighted by atomic mass is 35.5. The lowest BCUT2D eigenvalue weighted by molar-refractivity contribution is -0.170. The minimum Gasteiger partial charge on any atom is -0.506 e. The monoisotopic (exact) mass is 980 g/mol. The molecule has 3 unspecified atom stereocenters. The van der Waals surface area contributed by atoms with Crippen LogP contribution < -0.4 is 31.9 Å². The van der Waals surface area contributed by atoms with Crippen molar-refractivity contribution in [2.45, 2.75) is 174 Å². The largest absolute Gasteiger partial charge is 0.506 e. The molecule has 2 aliphatic heterocycles. The van der Waals surface area contributed by atoms with Gasteiger partial charge in [0, 0.05) is 19.9 Å². The summed E-state index contributed by atoms with van der Waals surface area (Å²) in [5, 5.41) is 58.1. The van der Waals surface area contributed by atoms with Gasteiger partial charge < -0.3 is 66.9 Å². The van der Waals surface area contributed by atoms with Crippen LogP contribution in [0.1, 0.15) is 100.0 Å². The summed E-state index contributed by atoms with van der Waals surface area (Å²) in [6.45, 7) is 13.3. The van der Waals surface area contributed by atoms with Crippen molar-refractivity contribution in [2.24, 2.45) is 11.8 Å². The van der Waals surface area contributed by atoms with Gasteiger partial charge in [-0.2, -0.15) is 0 Å². The Balaban J connectivity index is 2.20. The number of hydrogen-bond acceptors (Lipinski definition) is 14. The molecule has 8 amide bonds. The number of piperidine rings is 1. The number of fused-ring (bicyclic) bond motifs is 2. The Morgan fingerprint density at radius 3 is 2.09 bits per heavy atom. The van der Waals surface area contributed by atoms with Crippen LogP contribution in [-0.4, -0.2) is 163 Å². The first-order valence-corrected chi connectivity index (χ1v) is 23.2. The number of aromatic hydroxyl groups is 1. The van der Waals surface area contributed by atoms with Gasteiger partial charge >= 0.3 is 5.97 Å². The predicted octanol–water partition coefficient (Wildman–Crippen LogP) is -1.14. The molecule has 12 atom stereocenters. The summed E-state index contributed by atoms with van der Waals surface area (Å²) in [4.78, 5) is 127. The van der Waals surface area contributed by atoms with E-state index in [2.05, 4.69) is 31.9 Å². The first-order chi connectivity index (χ1) is 31.7. The maximum absolute atomic E-state index is 14.6. The quantitative estimate of drug-likeness (QED) is 0.0987. The number of likely N-dealkylation sites (N-methyl/N-ethyl adjacent to an activating group) is 1. The fraction of sp³-hybridized carbons (Fsp3) is 0.667. The summed E-state index contributed by atoms with van der Waals surface area (Å²) in [6, 6.07) is -8.38. The van der Waals surface area contributed by atoms with Crippen LogP contribution in [0.25, 0.3) is 0 Å². The summed E-state index contributed by atoms with van der Waals surface area (Å²) in [7, 11) is 1.21. The fourth-order valence-electron chi connectivity index (χ4n) is 7.82. The SMILES string of the molecule is CCCC(=O)N[C@@H](C)C(=O)NC(C(=O)N[C@@H]1C(=O)N[C@@H](CC(C)C)C(=O)N[C@@H]2CC[C@@H](O)N(C2=O)[C@@H](C(C)O)C(=O)N(C)[C@@H](Cc2ccc(O)c(Cl)c2)C(=O)N[C@@H](C(C)C)C(=O)O[C@@H]1C)C(C)O. The average molecular weight is 982 g/mol. The van der Waals surface area contributed by atoms with E-state index in [4.69, 9.17) is 16.3 Å². The number of hydrogen-bond donors (Lipinski definition) is 10. The van der Waals surface area contributed by atoms with Gasteiger partial charge in [-0.3, -0.25) is 38.4 Å². The Labute approximate surface area is 401 Å². The second-order valence-electron chi connectivity index (χ2n) is 18.3. The number of ether oxygens (including phenoxy) is 1. The van der Waals surface area contributed by atoms with Crippen molar-refractivity contribution in [3.05, 3.63) is 28.8 Å². The number of nitrogens with one attached hydrogen (secondary N) is 6. The Morgan fingerprint density at radius 2 is 1.53 bits per heavy atom. The number of phenols is 1. The number of phenolic OH excluding ortho intramolecular Hbond substituents is 1. The lowest BCUT2D eigenvalue weighted by atomic mass is 9.96. The van der Waals surface area contributed by atoms with Gasteiger partial charge in [0.2, 0.25) is 47.3 Å². The summed E-state index contributed by atoms with van der Waals surface area (Å²) < 4.78 is 5.79. The smallest absolute Gasteiger partial charge is 0.329 e. The third kappa shape index (κ3) is 15.0. The minimum atomic E-state index is -1.86. The van der Waals surface area contributed by atoms with Gasteiger partial charge in [-0.25, -0.2) is 4.79 Å².